The lowest BCUT2D eigenvalue weighted by atomic mass is 10.1. The number of rotatable bonds is 12. The van der Waals surface area contributed by atoms with Gasteiger partial charge in [0.05, 0.1) is 6.61 Å². The summed E-state index contributed by atoms with van der Waals surface area (Å²) in [5, 5.41) is 10.5. The van der Waals surface area contributed by atoms with Crippen LogP contribution in [0.15, 0.2) is 0 Å². The van der Waals surface area contributed by atoms with Crippen LogP contribution in [0.4, 0.5) is 0 Å². The molecular formula is C12H27N3O3. The molecule has 0 spiro atoms. The van der Waals surface area contributed by atoms with Crippen LogP contribution in [0.5, 0.6) is 0 Å². The Balaban J connectivity index is 3.61. The van der Waals surface area contributed by atoms with Gasteiger partial charge in [-0.25, -0.2) is 5.43 Å². The number of ether oxygens (including phenoxy) is 1. The van der Waals surface area contributed by atoms with Crippen molar-refractivity contribution in [1.82, 2.24) is 10.6 Å². The maximum Gasteiger partial charge on any atom is 0.238 e. The number of nitrogens with zero attached hydrogens (tertiary/aromatic N) is 1. The number of carbonyl (C=O) groups excluding carboxylic acids is 1. The molecule has 0 fully saturated rings. The average molecular weight is 261 g/mol. The summed E-state index contributed by atoms with van der Waals surface area (Å²) >= 11 is 0. The van der Waals surface area contributed by atoms with Crippen molar-refractivity contribution in [1.29, 1.82) is 0 Å². The van der Waals surface area contributed by atoms with Gasteiger partial charge in [-0.05, 0) is 6.42 Å². The van der Waals surface area contributed by atoms with E-state index in [0.29, 0.717) is 6.54 Å². The van der Waals surface area contributed by atoms with Crippen LogP contribution in [0.1, 0.15) is 45.4 Å². The predicted octanol–water partition coefficient (Wildman–Crippen LogP) is 1.04. The van der Waals surface area contributed by atoms with Gasteiger partial charge in [0.15, 0.2) is 0 Å². The first-order valence-electron chi connectivity index (χ1n) is 6.62. The van der Waals surface area contributed by atoms with Crippen molar-refractivity contribution in [2.75, 3.05) is 20.3 Å². The second-order valence-electron chi connectivity index (χ2n) is 4.43. The molecule has 0 heterocycles. The Hall–Kier alpha value is -0.690. The zero-order valence-electron chi connectivity index (χ0n) is 11.5. The van der Waals surface area contributed by atoms with Gasteiger partial charge in [0, 0.05) is 13.7 Å². The normalized spacial score (nSPS) is 12.9. The molecule has 0 saturated heterocycles. The molecule has 0 rings (SSSR count). The Morgan fingerprint density at radius 2 is 1.94 bits per heavy atom. The van der Waals surface area contributed by atoms with Crippen molar-refractivity contribution in [3.8, 4) is 0 Å². The van der Waals surface area contributed by atoms with Crippen LogP contribution < -0.4 is 11.2 Å². The van der Waals surface area contributed by atoms with E-state index in [0.717, 1.165) is 18.0 Å². The van der Waals surface area contributed by atoms with E-state index in [1.807, 2.05) is 0 Å². The first kappa shape index (κ1) is 17.3. The molecule has 0 aliphatic heterocycles. The lowest BCUT2D eigenvalue weighted by molar-refractivity contribution is -0.158. The number of amides is 1. The Morgan fingerprint density at radius 3 is 2.50 bits per heavy atom. The van der Waals surface area contributed by atoms with Crippen LogP contribution in [0.25, 0.3) is 0 Å². The highest BCUT2D eigenvalue weighted by molar-refractivity contribution is 5.79. The first-order chi connectivity index (χ1) is 8.61. The molecule has 1 atom stereocenters. The molecule has 0 aromatic carbocycles. The second-order valence-corrected chi connectivity index (χ2v) is 4.43. The average Bonchev–Trinajstić information content (AvgIpc) is 2.33. The van der Waals surface area contributed by atoms with E-state index >= 15 is 0 Å². The summed E-state index contributed by atoms with van der Waals surface area (Å²) in [4.78, 5) is 11.0. The number of carbonyl (C=O) groups is 1. The maximum atomic E-state index is 11.0. The topological polar surface area (TPSA) is 87.8 Å². The molecule has 0 unspecified atom stereocenters. The Labute approximate surface area is 109 Å². The summed E-state index contributed by atoms with van der Waals surface area (Å²) in [5.41, 5.74) is 7.77. The summed E-state index contributed by atoms with van der Waals surface area (Å²) in [6, 6.07) is -0.694. The molecule has 108 valence electrons. The van der Waals surface area contributed by atoms with E-state index in [2.05, 4.69) is 12.3 Å². The number of unbranched alkanes of at least 4 members (excludes halogenated alkanes) is 5. The van der Waals surface area contributed by atoms with Gasteiger partial charge in [-0.15, -0.1) is 5.17 Å². The Kier molecular flexibility index (Phi) is 11.0. The molecular weight excluding hydrogens is 234 g/mol. The smallest absolute Gasteiger partial charge is 0.238 e. The minimum Gasteiger partial charge on any atom is -0.382 e. The monoisotopic (exact) mass is 261 g/mol. The van der Waals surface area contributed by atoms with Crippen LogP contribution in [0, 0.1) is 0 Å². The number of hydrogen-bond donors (Lipinski definition) is 3. The first-order valence-corrected chi connectivity index (χ1v) is 6.62. The minimum absolute atomic E-state index is 0.142. The van der Waals surface area contributed by atoms with Crippen LogP contribution >= 0.6 is 0 Å². The highest BCUT2D eigenvalue weighted by Crippen LogP contribution is 2.05. The molecule has 0 bridgehead atoms. The molecule has 0 aliphatic rings. The van der Waals surface area contributed by atoms with Crippen molar-refractivity contribution in [2.45, 2.75) is 51.5 Å². The van der Waals surface area contributed by atoms with Crippen molar-refractivity contribution in [2.24, 2.45) is 5.73 Å². The summed E-state index contributed by atoms with van der Waals surface area (Å²) in [5.74, 6) is -0.543. The minimum atomic E-state index is -0.694. The molecule has 0 radical (unpaired) electrons. The molecule has 6 heteroatoms. The maximum absolute atomic E-state index is 11.0. The SMILES string of the molecule is CCCCCCCCN(O)N[C@@H](COC)C(N)=O. The Morgan fingerprint density at radius 1 is 1.33 bits per heavy atom. The van der Waals surface area contributed by atoms with Crippen molar-refractivity contribution >= 4 is 5.91 Å². The molecule has 18 heavy (non-hydrogen) atoms. The third-order valence-electron chi connectivity index (χ3n) is 2.71. The molecule has 0 saturated carbocycles. The molecule has 4 N–H and O–H groups in total. The summed E-state index contributed by atoms with van der Waals surface area (Å²) < 4.78 is 4.83. The lowest BCUT2D eigenvalue weighted by Gasteiger charge is -2.21. The van der Waals surface area contributed by atoms with Gasteiger partial charge in [-0.3, -0.25) is 10.0 Å². The van der Waals surface area contributed by atoms with Crippen LogP contribution in [0.3, 0.4) is 0 Å². The van der Waals surface area contributed by atoms with Crippen LogP contribution in [-0.4, -0.2) is 42.6 Å². The van der Waals surface area contributed by atoms with Crippen molar-refractivity contribution in [3.05, 3.63) is 0 Å². The predicted molar refractivity (Wildman–Crippen MR) is 69.9 cm³/mol. The van der Waals surface area contributed by atoms with Gasteiger partial charge >= 0.3 is 0 Å². The Bertz CT molecular complexity index is 215. The fourth-order valence-corrected chi connectivity index (χ4v) is 1.64. The molecule has 0 aliphatic carbocycles. The molecule has 6 nitrogen and oxygen atoms in total. The van der Waals surface area contributed by atoms with E-state index in [4.69, 9.17) is 10.5 Å². The number of hydrogen-bond acceptors (Lipinski definition) is 5. The van der Waals surface area contributed by atoms with Gasteiger partial charge in [0.25, 0.3) is 0 Å². The summed E-state index contributed by atoms with van der Waals surface area (Å²) in [7, 11) is 1.48. The number of hydroxylamine groups is 1. The highest BCUT2D eigenvalue weighted by Gasteiger charge is 2.16. The van der Waals surface area contributed by atoms with Gasteiger partial charge in [-0.2, -0.15) is 0 Å². The standard InChI is InChI=1S/C12H27N3O3/c1-3-4-5-6-7-8-9-15(17)14-11(10-18-2)12(13)16/h11,14,17H,3-10H2,1-2H3,(H2,13,16)/t11-/m0/s1. The summed E-state index contributed by atoms with van der Waals surface area (Å²) in [6.07, 6.45) is 6.86. The third kappa shape index (κ3) is 9.35. The quantitative estimate of drug-likeness (QED) is 0.361. The highest BCUT2D eigenvalue weighted by atomic mass is 16.5. The van der Waals surface area contributed by atoms with E-state index in [1.54, 1.807) is 0 Å². The number of primary amides is 1. The third-order valence-corrected chi connectivity index (χ3v) is 2.71. The van der Waals surface area contributed by atoms with Gasteiger partial charge in [0.2, 0.25) is 5.91 Å². The van der Waals surface area contributed by atoms with Crippen molar-refractivity contribution < 1.29 is 14.7 Å². The van der Waals surface area contributed by atoms with E-state index < -0.39 is 11.9 Å². The molecule has 0 aromatic rings. The zero-order chi connectivity index (χ0) is 13.8. The van der Waals surface area contributed by atoms with Gasteiger partial charge in [0.1, 0.15) is 6.04 Å². The van der Waals surface area contributed by atoms with E-state index in [9.17, 15) is 10.0 Å². The molecule has 1 amide bonds. The number of nitrogens with two attached hydrogens (primary N) is 1. The van der Waals surface area contributed by atoms with Gasteiger partial charge < -0.3 is 10.5 Å². The number of nitrogens with one attached hydrogen (secondary N) is 1. The van der Waals surface area contributed by atoms with E-state index in [-0.39, 0.29) is 6.61 Å². The number of hydrazine groups is 1. The largest absolute Gasteiger partial charge is 0.382 e. The van der Waals surface area contributed by atoms with Crippen molar-refractivity contribution in [3.63, 3.8) is 0 Å². The van der Waals surface area contributed by atoms with Crippen LogP contribution in [-0.2, 0) is 9.53 Å². The molecule has 0 aromatic heterocycles. The summed E-state index contributed by atoms with van der Waals surface area (Å²) in [6.45, 7) is 2.79. The fourth-order valence-electron chi connectivity index (χ4n) is 1.64. The van der Waals surface area contributed by atoms with Gasteiger partial charge in [-0.1, -0.05) is 39.0 Å². The lowest BCUT2D eigenvalue weighted by Crippen LogP contribution is -2.51. The fraction of sp³-hybridized carbons (Fsp3) is 0.917. The second kappa shape index (κ2) is 11.4. The van der Waals surface area contributed by atoms with Crippen LogP contribution in [0.2, 0.25) is 0 Å². The number of methoxy groups -OCH3 is 1. The van der Waals surface area contributed by atoms with E-state index in [1.165, 1.54) is 32.8 Å². The zero-order valence-corrected chi connectivity index (χ0v) is 11.5.